The predicted octanol–water partition coefficient (Wildman–Crippen LogP) is 0.330. The van der Waals surface area contributed by atoms with Crippen molar-refractivity contribution in [1.82, 2.24) is 19.5 Å². The van der Waals surface area contributed by atoms with Crippen LogP contribution in [0, 0.1) is 0 Å². The zero-order valence-corrected chi connectivity index (χ0v) is 13.0. The third-order valence-corrected chi connectivity index (χ3v) is 2.68. The Kier molecular flexibility index (Phi) is 5.41. The molecule has 0 saturated carbocycles. The number of nitrogens with zero attached hydrogens (tertiary/aromatic N) is 4. The zero-order chi connectivity index (χ0) is 16.8. The first-order valence-corrected chi connectivity index (χ1v) is 6.77. The molecule has 0 aliphatic carbocycles. The fraction of sp³-hybridized carbons (Fsp3) is 0.462. The second-order valence-corrected chi connectivity index (χ2v) is 4.50. The highest BCUT2D eigenvalue weighted by Gasteiger charge is 2.14. The summed E-state index contributed by atoms with van der Waals surface area (Å²) in [5.74, 6) is -0.296. The van der Waals surface area contributed by atoms with Gasteiger partial charge in [0.15, 0.2) is 11.2 Å². The summed E-state index contributed by atoms with van der Waals surface area (Å²) >= 11 is 0. The molecule has 0 atom stereocenters. The molecule has 1 N–H and O–H groups in total. The first-order valence-electron chi connectivity index (χ1n) is 6.77. The van der Waals surface area contributed by atoms with Gasteiger partial charge in [0.2, 0.25) is 17.7 Å². The average molecular weight is 323 g/mol. The van der Waals surface area contributed by atoms with Crippen molar-refractivity contribution in [1.29, 1.82) is 0 Å². The van der Waals surface area contributed by atoms with Crippen molar-refractivity contribution >= 4 is 29.0 Å². The van der Waals surface area contributed by atoms with Gasteiger partial charge >= 0.3 is 5.97 Å². The van der Waals surface area contributed by atoms with Gasteiger partial charge in [-0.2, -0.15) is 9.97 Å². The molecular weight excluding hydrogens is 306 g/mol. The van der Waals surface area contributed by atoms with Gasteiger partial charge in [-0.1, -0.05) is 0 Å². The molecule has 2 rings (SSSR count). The Morgan fingerprint density at radius 2 is 2.04 bits per heavy atom. The van der Waals surface area contributed by atoms with E-state index in [4.69, 9.17) is 14.2 Å². The predicted molar refractivity (Wildman–Crippen MR) is 78.8 cm³/mol. The molecule has 0 radical (unpaired) electrons. The van der Waals surface area contributed by atoms with Crippen LogP contribution in [0.3, 0.4) is 0 Å². The van der Waals surface area contributed by atoms with Crippen LogP contribution in [-0.2, 0) is 25.8 Å². The lowest BCUT2D eigenvalue weighted by molar-refractivity contribution is -0.142. The molecule has 0 aromatic carbocycles. The van der Waals surface area contributed by atoms with Crippen molar-refractivity contribution in [3.63, 3.8) is 0 Å². The number of esters is 1. The van der Waals surface area contributed by atoms with Crippen molar-refractivity contribution in [3.8, 4) is 5.88 Å². The molecule has 10 heteroatoms. The molecule has 0 spiro atoms. The number of nitrogens with one attached hydrogen (secondary N) is 1. The number of fused-ring (bicyclic) bond motifs is 1. The smallest absolute Gasteiger partial charge is 0.302 e. The minimum absolute atomic E-state index is 0.114. The summed E-state index contributed by atoms with van der Waals surface area (Å²) in [4.78, 5) is 34.3. The van der Waals surface area contributed by atoms with Crippen LogP contribution in [0.25, 0.3) is 11.2 Å². The van der Waals surface area contributed by atoms with Gasteiger partial charge in [-0.25, -0.2) is 4.98 Å². The van der Waals surface area contributed by atoms with Gasteiger partial charge in [-0.15, -0.1) is 0 Å². The second-order valence-electron chi connectivity index (χ2n) is 4.50. The minimum Gasteiger partial charge on any atom is -0.479 e. The Bertz CT molecular complexity index is 714. The Hall–Kier alpha value is -2.75. The number of hydrogen-bond donors (Lipinski definition) is 1. The SMILES string of the molecule is COc1nc(NC(C)=O)nc2c1ncn2COCCOC(C)=O. The van der Waals surface area contributed by atoms with Gasteiger partial charge in [0.25, 0.3) is 0 Å². The number of aromatic nitrogens is 4. The third-order valence-electron chi connectivity index (χ3n) is 2.68. The lowest BCUT2D eigenvalue weighted by Gasteiger charge is -2.08. The van der Waals surface area contributed by atoms with E-state index >= 15 is 0 Å². The number of carbonyl (C=O) groups is 2. The van der Waals surface area contributed by atoms with Crippen LogP contribution in [0.5, 0.6) is 5.88 Å². The van der Waals surface area contributed by atoms with E-state index in [0.717, 1.165) is 0 Å². The normalized spacial score (nSPS) is 10.6. The van der Waals surface area contributed by atoms with E-state index in [-0.39, 0.29) is 43.6 Å². The van der Waals surface area contributed by atoms with Gasteiger partial charge in [-0.3, -0.25) is 19.5 Å². The molecule has 2 aromatic rings. The van der Waals surface area contributed by atoms with E-state index in [1.165, 1.54) is 27.3 Å². The van der Waals surface area contributed by atoms with E-state index in [1.54, 1.807) is 4.57 Å². The number of imidazole rings is 1. The van der Waals surface area contributed by atoms with Crippen LogP contribution in [0.15, 0.2) is 6.33 Å². The number of anilines is 1. The van der Waals surface area contributed by atoms with Crippen LogP contribution in [0.4, 0.5) is 5.95 Å². The maximum Gasteiger partial charge on any atom is 0.302 e. The van der Waals surface area contributed by atoms with Crippen molar-refractivity contribution < 1.29 is 23.8 Å². The number of amides is 1. The zero-order valence-electron chi connectivity index (χ0n) is 13.0. The van der Waals surface area contributed by atoms with E-state index in [2.05, 4.69) is 20.3 Å². The van der Waals surface area contributed by atoms with E-state index in [0.29, 0.717) is 11.2 Å². The quantitative estimate of drug-likeness (QED) is 0.572. The summed E-state index contributed by atoms with van der Waals surface area (Å²) < 4.78 is 16.9. The van der Waals surface area contributed by atoms with Crippen LogP contribution in [-0.4, -0.2) is 51.7 Å². The number of ether oxygens (including phenoxy) is 3. The van der Waals surface area contributed by atoms with Crippen molar-refractivity contribution in [3.05, 3.63) is 6.33 Å². The van der Waals surface area contributed by atoms with Gasteiger partial charge in [0.05, 0.1) is 20.0 Å². The van der Waals surface area contributed by atoms with Gasteiger partial charge in [-0.05, 0) is 0 Å². The molecule has 0 aliphatic rings. The lowest BCUT2D eigenvalue weighted by atomic mass is 10.5. The van der Waals surface area contributed by atoms with Crippen molar-refractivity contribution in [2.24, 2.45) is 0 Å². The van der Waals surface area contributed by atoms with Crippen molar-refractivity contribution in [2.45, 2.75) is 20.6 Å². The molecule has 0 fully saturated rings. The maximum absolute atomic E-state index is 11.2. The Balaban J connectivity index is 2.13. The molecule has 124 valence electrons. The molecule has 23 heavy (non-hydrogen) atoms. The Morgan fingerprint density at radius 1 is 1.26 bits per heavy atom. The Morgan fingerprint density at radius 3 is 2.70 bits per heavy atom. The summed E-state index contributed by atoms with van der Waals surface area (Å²) in [5, 5.41) is 2.50. The largest absolute Gasteiger partial charge is 0.479 e. The number of rotatable bonds is 7. The van der Waals surface area contributed by atoms with E-state index in [9.17, 15) is 9.59 Å². The van der Waals surface area contributed by atoms with Crippen LogP contribution < -0.4 is 10.1 Å². The second kappa shape index (κ2) is 7.49. The monoisotopic (exact) mass is 323 g/mol. The highest BCUT2D eigenvalue weighted by Crippen LogP contribution is 2.22. The summed E-state index contributed by atoms with van der Waals surface area (Å²) in [5.41, 5.74) is 0.901. The molecule has 1 amide bonds. The fourth-order valence-corrected chi connectivity index (χ4v) is 1.78. The molecular formula is C13H17N5O5. The van der Waals surface area contributed by atoms with Crippen LogP contribution in [0.2, 0.25) is 0 Å². The minimum atomic E-state index is -0.362. The molecule has 2 heterocycles. The van der Waals surface area contributed by atoms with Gasteiger partial charge in [0, 0.05) is 13.8 Å². The van der Waals surface area contributed by atoms with Gasteiger partial charge in [0.1, 0.15) is 13.3 Å². The molecule has 0 aliphatic heterocycles. The molecule has 0 bridgehead atoms. The number of methoxy groups -OCH3 is 1. The summed E-state index contributed by atoms with van der Waals surface area (Å²) in [6, 6.07) is 0. The van der Waals surface area contributed by atoms with Crippen LogP contribution in [0.1, 0.15) is 13.8 Å². The molecule has 0 saturated heterocycles. The number of carbonyl (C=O) groups excluding carboxylic acids is 2. The van der Waals surface area contributed by atoms with E-state index < -0.39 is 0 Å². The Labute approximate surface area is 131 Å². The summed E-state index contributed by atoms with van der Waals surface area (Å²) in [6.45, 7) is 3.24. The molecule has 2 aromatic heterocycles. The maximum atomic E-state index is 11.2. The third kappa shape index (κ3) is 4.36. The standard InChI is InChI=1S/C13H17N5O5/c1-8(19)15-13-16-11-10(12(17-13)21-3)14-6-18(11)7-22-4-5-23-9(2)20/h6H,4-5,7H2,1-3H3,(H,15,16,17,19). The topological polar surface area (TPSA) is 117 Å². The number of hydrogen-bond acceptors (Lipinski definition) is 8. The first kappa shape index (κ1) is 16.6. The highest BCUT2D eigenvalue weighted by molar-refractivity contribution is 5.88. The van der Waals surface area contributed by atoms with Crippen molar-refractivity contribution in [2.75, 3.05) is 25.6 Å². The summed E-state index contributed by atoms with van der Waals surface area (Å²) in [6.07, 6.45) is 1.52. The lowest BCUT2D eigenvalue weighted by Crippen LogP contribution is -2.12. The molecule has 0 unspecified atom stereocenters. The molecule has 10 nitrogen and oxygen atoms in total. The fourth-order valence-electron chi connectivity index (χ4n) is 1.78. The highest BCUT2D eigenvalue weighted by atomic mass is 16.6. The van der Waals surface area contributed by atoms with Crippen LogP contribution >= 0.6 is 0 Å². The summed E-state index contributed by atoms with van der Waals surface area (Å²) in [7, 11) is 1.45. The average Bonchev–Trinajstić information content (AvgIpc) is 2.88. The van der Waals surface area contributed by atoms with Gasteiger partial charge < -0.3 is 14.2 Å². The first-order chi connectivity index (χ1) is 11.0. The van der Waals surface area contributed by atoms with E-state index in [1.807, 2.05) is 0 Å².